The second-order valence-electron chi connectivity index (χ2n) is 8.38. The van der Waals surface area contributed by atoms with Crippen LogP contribution in [0.25, 0.3) is 22.2 Å². The number of carbonyl (C=O) groups is 1. The number of aryl methyl sites for hydroxylation is 2. The lowest BCUT2D eigenvalue weighted by molar-refractivity contribution is 0.0779. The third-order valence-corrected chi connectivity index (χ3v) is 5.94. The van der Waals surface area contributed by atoms with Crippen LogP contribution in [-0.4, -0.2) is 35.4 Å². The van der Waals surface area contributed by atoms with Gasteiger partial charge < -0.3 is 10.6 Å². The van der Waals surface area contributed by atoms with E-state index in [0.29, 0.717) is 13.1 Å². The van der Waals surface area contributed by atoms with Gasteiger partial charge in [-0.25, -0.2) is 4.98 Å². The summed E-state index contributed by atoms with van der Waals surface area (Å²) in [5.41, 5.74) is 11.8. The minimum atomic E-state index is 0.00880. The summed E-state index contributed by atoms with van der Waals surface area (Å²) in [6.07, 6.45) is 0.947. The minimum absolute atomic E-state index is 0.00880. The molecule has 0 saturated carbocycles. The molecule has 4 rings (SSSR count). The number of carbonyl (C=O) groups excluding carboxylic acids is 1. The Balaban J connectivity index is 1.82. The summed E-state index contributed by atoms with van der Waals surface area (Å²) in [6.45, 7) is 8.39. The van der Waals surface area contributed by atoms with E-state index in [4.69, 9.17) is 10.7 Å². The number of pyridine rings is 1. The Hall–Kier alpha value is -2.72. The lowest BCUT2D eigenvalue weighted by atomic mass is 9.90. The highest BCUT2D eigenvalue weighted by atomic mass is 16.2. The molecule has 0 aliphatic carbocycles. The third-order valence-electron chi connectivity index (χ3n) is 5.94. The summed E-state index contributed by atoms with van der Waals surface area (Å²) < 4.78 is 0. The molecule has 2 N–H and O–H groups in total. The van der Waals surface area contributed by atoms with Crippen LogP contribution < -0.4 is 5.73 Å². The number of fused-ring (bicyclic) bond motifs is 1. The fraction of sp³-hybridized carbons (Fsp3) is 0.333. The minimum Gasteiger partial charge on any atom is -0.338 e. The van der Waals surface area contributed by atoms with Gasteiger partial charge >= 0.3 is 0 Å². The summed E-state index contributed by atoms with van der Waals surface area (Å²) >= 11 is 0. The zero-order valence-corrected chi connectivity index (χ0v) is 16.8. The van der Waals surface area contributed by atoms with Crippen molar-refractivity contribution in [3.63, 3.8) is 0 Å². The number of para-hydroxylation sites is 1. The summed E-state index contributed by atoms with van der Waals surface area (Å²) in [7, 11) is 0. The first-order valence-corrected chi connectivity index (χ1v) is 9.87. The monoisotopic (exact) mass is 373 g/mol. The quantitative estimate of drug-likeness (QED) is 0.743. The van der Waals surface area contributed by atoms with Crippen LogP contribution >= 0.6 is 0 Å². The SMILES string of the molecule is Cc1ccc(-c2cc(C(=O)N3CCC(C)(CN)C3)c3ccccc3n2)c(C)c1. The number of aromatic nitrogens is 1. The van der Waals surface area contributed by atoms with Gasteiger partial charge in [0.05, 0.1) is 16.8 Å². The van der Waals surface area contributed by atoms with Gasteiger partial charge in [-0.15, -0.1) is 0 Å². The Morgan fingerprint density at radius 2 is 1.96 bits per heavy atom. The van der Waals surface area contributed by atoms with Crippen molar-refractivity contribution in [1.29, 1.82) is 0 Å². The number of nitrogens with zero attached hydrogens (tertiary/aromatic N) is 2. The van der Waals surface area contributed by atoms with Crippen molar-refractivity contribution in [2.75, 3.05) is 19.6 Å². The van der Waals surface area contributed by atoms with Crippen molar-refractivity contribution in [3.8, 4) is 11.3 Å². The molecular formula is C24H27N3O. The van der Waals surface area contributed by atoms with Crippen LogP contribution in [0.4, 0.5) is 0 Å². The molecule has 1 saturated heterocycles. The molecule has 1 aromatic heterocycles. The highest BCUT2D eigenvalue weighted by Gasteiger charge is 2.35. The molecule has 4 heteroatoms. The Labute approximate surface area is 166 Å². The number of likely N-dealkylation sites (tertiary alicyclic amines) is 1. The van der Waals surface area contributed by atoms with Crippen molar-refractivity contribution in [3.05, 3.63) is 65.2 Å². The maximum Gasteiger partial charge on any atom is 0.254 e. The predicted molar refractivity (Wildman–Crippen MR) is 114 cm³/mol. The molecule has 1 aliphatic rings. The fourth-order valence-electron chi connectivity index (χ4n) is 4.13. The lowest BCUT2D eigenvalue weighted by Gasteiger charge is -2.23. The van der Waals surface area contributed by atoms with E-state index in [1.165, 1.54) is 5.56 Å². The highest BCUT2D eigenvalue weighted by molar-refractivity contribution is 6.07. The van der Waals surface area contributed by atoms with Crippen LogP contribution in [-0.2, 0) is 0 Å². The highest BCUT2D eigenvalue weighted by Crippen LogP contribution is 2.32. The summed E-state index contributed by atoms with van der Waals surface area (Å²) in [4.78, 5) is 20.2. The van der Waals surface area contributed by atoms with Crippen LogP contribution in [0, 0.1) is 19.3 Å². The molecule has 3 aromatic rings. The standard InChI is InChI=1S/C24H27N3O/c1-16-8-9-18(17(2)12-16)22-13-20(19-6-4-5-7-21(19)26-22)23(28)27-11-10-24(3,14-25)15-27/h4-9,12-13H,10-11,14-15,25H2,1-3H3. The molecule has 1 atom stereocenters. The van der Waals surface area contributed by atoms with Gasteiger partial charge in [-0.05, 0) is 49.9 Å². The van der Waals surface area contributed by atoms with Crippen molar-refractivity contribution < 1.29 is 4.79 Å². The van der Waals surface area contributed by atoms with Crippen LogP contribution in [0.5, 0.6) is 0 Å². The molecule has 1 unspecified atom stereocenters. The molecule has 0 radical (unpaired) electrons. The largest absolute Gasteiger partial charge is 0.338 e. The Kier molecular flexibility index (Phi) is 4.68. The zero-order chi connectivity index (χ0) is 19.9. The first kappa shape index (κ1) is 18.6. The summed E-state index contributed by atoms with van der Waals surface area (Å²) in [6, 6.07) is 16.2. The van der Waals surface area contributed by atoms with Crippen molar-refractivity contribution in [2.24, 2.45) is 11.1 Å². The van der Waals surface area contributed by atoms with Crippen LogP contribution in [0.3, 0.4) is 0 Å². The van der Waals surface area contributed by atoms with Gasteiger partial charge in [0.2, 0.25) is 0 Å². The molecule has 2 aromatic carbocycles. The smallest absolute Gasteiger partial charge is 0.254 e. The van der Waals surface area contributed by atoms with Crippen molar-refractivity contribution in [1.82, 2.24) is 9.88 Å². The number of benzene rings is 2. The van der Waals surface area contributed by atoms with Gasteiger partial charge in [0.25, 0.3) is 5.91 Å². The molecule has 4 nitrogen and oxygen atoms in total. The molecule has 28 heavy (non-hydrogen) atoms. The Morgan fingerprint density at radius 1 is 1.18 bits per heavy atom. The maximum absolute atomic E-state index is 13.4. The van der Waals surface area contributed by atoms with Gasteiger partial charge in [0.1, 0.15) is 0 Å². The molecule has 0 spiro atoms. The first-order valence-electron chi connectivity index (χ1n) is 9.87. The topological polar surface area (TPSA) is 59.2 Å². The van der Waals surface area contributed by atoms with Crippen LogP contribution in [0.2, 0.25) is 0 Å². The Morgan fingerprint density at radius 3 is 2.68 bits per heavy atom. The second kappa shape index (κ2) is 7.02. The van der Waals surface area contributed by atoms with Gasteiger partial charge in [0.15, 0.2) is 0 Å². The first-order chi connectivity index (χ1) is 13.4. The lowest BCUT2D eigenvalue weighted by Crippen LogP contribution is -2.34. The van der Waals surface area contributed by atoms with Crippen molar-refractivity contribution in [2.45, 2.75) is 27.2 Å². The maximum atomic E-state index is 13.4. The number of rotatable bonds is 3. The predicted octanol–water partition coefficient (Wildman–Crippen LogP) is 4.33. The molecule has 2 heterocycles. The molecule has 1 amide bonds. The molecule has 1 aliphatic heterocycles. The van der Waals surface area contributed by atoms with Crippen LogP contribution in [0.1, 0.15) is 34.8 Å². The fourth-order valence-corrected chi connectivity index (χ4v) is 4.13. The van der Waals surface area contributed by atoms with E-state index in [-0.39, 0.29) is 11.3 Å². The molecule has 0 bridgehead atoms. The van der Waals surface area contributed by atoms with Gasteiger partial charge in [-0.3, -0.25) is 4.79 Å². The van der Waals surface area contributed by atoms with E-state index < -0.39 is 0 Å². The average molecular weight is 374 g/mol. The van der Waals surface area contributed by atoms with E-state index in [0.717, 1.165) is 46.3 Å². The molecule has 1 fully saturated rings. The normalized spacial score (nSPS) is 19.4. The van der Waals surface area contributed by atoms with E-state index in [9.17, 15) is 4.79 Å². The van der Waals surface area contributed by atoms with Gasteiger partial charge in [0, 0.05) is 24.0 Å². The Bertz CT molecular complexity index is 1060. The van der Waals surface area contributed by atoms with Gasteiger partial charge in [-0.2, -0.15) is 0 Å². The van der Waals surface area contributed by atoms with E-state index >= 15 is 0 Å². The zero-order valence-electron chi connectivity index (χ0n) is 16.8. The summed E-state index contributed by atoms with van der Waals surface area (Å²) in [5, 5.41) is 0.905. The van der Waals surface area contributed by atoms with Crippen LogP contribution in [0.15, 0.2) is 48.5 Å². The number of hydrogen-bond donors (Lipinski definition) is 1. The third kappa shape index (κ3) is 3.29. The van der Waals surface area contributed by atoms with E-state index in [2.05, 4.69) is 39.0 Å². The number of nitrogens with two attached hydrogens (primary N) is 1. The van der Waals surface area contributed by atoms with E-state index in [1.807, 2.05) is 35.2 Å². The molecule has 144 valence electrons. The van der Waals surface area contributed by atoms with Crippen molar-refractivity contribution >= 4 is 16.8 Å². The summed E-state index contributed by atoms with van der Waals surface area (Å²) in [5.74, 6) is 0.0711. The van der Waals surface area contributed by atoms with Gasteiger partial charge in [-0.1, -0.05) is 48.9 Å². The number of amides is 1. The second-order valence-corrected chi connectivity index (χ2v) is 8.38. The average Bonchev–Trinajstić information content (AvgIpc) is 3.09. The van der Waals surface area contributed by atoms with E-state index in [1.54, 1.807) is 0 Å². The molecular weight excluding hydrogens is 346 g/mol. The number of hydrogen-bond acceptors (Lipinski definition) is 3.